The zero-order chi connectivity index (χ0) is 14.6. The molecule has 0 unspecified atom stereocenters. The highest BCUT2D eigenvalue weighted by atomic mass is 32.2. The van der Waals surface area contributed by atoms with E-state index in [0.29, 0.717) is 13.0 Å². The normalized spacial score (nSPS) is 15.8. The molecule has 0 bridgehead atoms. The van der Waals surface area contributed by atoms with Crippen molar-refractivity contribution in [1.82, 2.24) is 9.62 Å². The van der Waals surface area contributed by atoms with Gasteiger partial charge in [0, 0.05) is 26.1 Å². The van der Waals surface area contributed by atoms with Crippen LogP contribution in [-0.2, 0) is 27.9 Å². The molecule has 0 radical (unpaired) electrons. The summed E-state index contributed by atoms with van der Waals surface area (Å²) in [4.78, 5) is 13.5. The predicted molar refractivity (Wildman–Crippen MR) is 77.4 cm³/mol. The van der Waals surface area contributed by atoms with Gasteiger partial charge in [0.1, 0.15) is 0 Å². The van der Waals surface area contributed by atoms with Crippen molar-refractivity contribution in [3.63, 3.8) is 0 Å². The lowest BCUT2D eigenvalue weighted by atomic mass is 10.1. The molecule has 0 atom stereocenters. The number of carbonyl (C=O) groups excluding carboxylic acids is 1. The Kier molecular flexibility index (Phi) is 4.77. The number of rotatable bonds is 6. The lowest BCUT2D eigenvalue weighted by Crippen LogP contribution is -2.27. The molecule has 6 heteroatoms. The van der Waals surface area contributed by atoms with Gasteiger partial charge < -0.3 is 4.90 Å². The van der Waals surface area contributed by atoms with Crippen LogP contribution in [0, 0.1) is 0 Å². The summed E-state index contributed by atoms with van der Waals surface area (Å²) in [5, 5.41) is 0. The molecule has 0 spiro atoms. The van der Waals surface area contributed by atoms with Crippen molar-refractivity contribution >= 4 is 15.9 Å². The fraction of sp³-hybridized carbons (Fsp3) is 0.500. The molecule has 0 aromatic heterocycles. The van der Waals surface area contributed by atoms with Crippen molar-refractivity contribution in [2.24, 2.45) is 0 Å². The van der Waals surface area contributed by atoms with Crippen LogP contribution in [0.4, 0.5) is 0 Å². The molecule has 1 aliphatic heterocycles. The van der Waals surface area contributed by atoms with Crippen LogP contribution in [0.15, 0.2) is 24.3 Å². The van der Waals surface area contributed by atoms with Crippen molar-refractivity contribution in [3.05, 3.63) is 35.4 Å². The number of likely N-dealkylation sites (tertiary alicyclic amines) is 1. The largest absolute Gasteiger partial charge is 0.338 e. The quantitative estimate of drug-likeness (QED) is 0.859. The number of carbonyl (C=O) groups is 1. The average molecular weight is 296 g/mol. The Bertz CT molecular complexity index is 584. The Morgan fingerprint density at radius 2 is 1.95 bits per heavy atom. The highest BCUT2D eigenvalue weighted by molar-refractivity contribution is 7.89. The third kappa shape index (κ3) is 3.80. The summed E-state index contributed by atoms with van der Waals surface area (Å²) in [6.45, 7) is 3.22. The molecule has 110 valence electrons. The lowest BCUT2D eigenvalue weighted by Gasteiger charge is -2.18. The van der Waals surface area contributed by atoms with E-state index in [1.165, 1.54) is 0 Å². The molecular formula is C14H20N2O3S. The van der Waals surface area contributed by atoms with Crippen LogP contribution < -0.4 is 4.72 Å². The summed E-state index contributed by atoms with van der Waals surface area (Å²) < 4.78 is 25.6. The second-order valence-electron chi connectivity index (χ2n) is 4.91. The topological polar surface area (TPSA) is 66.5 Å². The maximum absolute atomic E-state index is 11.7. The van der Waals surface area contributed by atoms with Crippen LogP contribution in [0.25, 0.3) is 0 Å². The molecule has 0 saturated carbocycles. The van der Waals surface area contributed by atoms with Gasteiger partial charge >= 0.3 is 0 Å². The monoisotopic (exact) mass is 296 g/mol. The Balaban J connectivity index is 2.08. The minimum absolute atomic E-state index is 0.0692. The second-order valence-corrected chi connectivity index (χ2v) is 7.01. The summed E-state index contributed by atoms with van der Waals surface area (Å²) in [6, 6.07) is 7.63. The van der Waals surface area contributed by atoms with Crippen LogP contribution in [0.3, 0.4) is 0 Å². The van der Waals surface area contributed by atoms with Gasteiger partial charge in [0.2, 0.25) is 15.9 Å². The van der Waals surface area contributed by atoms with Crippen LogP contribution in [0.5, 0.6) is 0 Å². The van der Waals surface area contributed by atoms with Gasteiger partial charge in [-0.3, -0.25) is 4.79 Å². The SMILES string of the molecule is CCS(=O)(=O)NCc1ccccc1CN1CCCC1=O. The van der Waals surface area contributed by atoms with Gasteiger partial charge in [-0.2, -0.15) is 0 Å². The number of benzene rings is 1. The van der Waals surface area contributed by atoms with E-state index in [-0.39, 0.29) is 18.2 Å². The fourth-order valence-electron chi connectivity index (χ4n) is 2.25. The first-order chi connectivity index (χ1) is 9.52. The summed E-state index contributed by atoms with van der Waals surface area (Å²) in [7, 11) is -3.20. The summed E-state index contributed by atoms with van der Waals surface area (Å²) in [5.41, 5.74) is 1.92. The highest BCUT2D eigenvalue weighted by Gasteiger charge is 2.21. The molecule has 20 heavy (non-hydrogen) atoms. The first-order valence-electron chi connectivity index (χ1n) is 6.83. The van der Waals surface area contributed by atoms with E-state index in [1.54, 1.807) is 6.92 Å². The summed E-state index contributed by atoms with van der Waals surface area (Å²) in [6.07, 6.45) is 1.52. The number of nitrogens with zero attached hydrogens (tertiary/aromatic N) is 1. The first kappa shape index (κ1) is 15.0. The van der Waals surface area contributed by atoms with Gasteiger partial charge in [-0.1, -0.05) is 24.3 Å². The summed E-state index contributed by atoms with van der Waals surface area (Å²) >= 11 is 0. The summed E-state index contributed by atoms with van der Waals surface area (Å²) in [5.74, 6) is 0.244. The zero-order valence-electron chi connectivity index (χ0n) is 11.6. The molecule has 1 heterocycles. The third-order valence-corrected chi connectivity index (χ3v) is 4.86. The number of sulfonamides is 1. The molecule has 1 fully saturated rings. The number of hydrogen-bond acceptors (Lipinski definition) is 3. The Hall–Kier alpha value is -1.40. The second kappa shape index (κ2) is 6.37. The van der Waals surface area contributed by atoms with E-state index in [1.807, 2.05) is 29.2 Å². The minimum atomic E-state index is -3.20. The average Bonchev–Trinajstić information content (AvgIpc) is 2.83. The maximum Gasteiger partial charge on any atom is 0.222 e. The Morgan fingerprint density at radius 3 is 2.55 bits per heavy atom. The van der Waals surface area contributed by atoms with Crippen molar-refractivity contribution in [3.8, 4) is 0 Å². The smallest absolute Gasteiger partial charge is 0.222 e. The maximum atomic E-state index is 11.7. The molecule has 1 aromatic rings. The molecule has 2 rings (SSSR count). The van der Waals surface area contributed by atoms with Crippen molar-refractivity contribution in [2.75, 3.05) is 12.3 Å². The molecule has 1 saturated heterocycles. The Labute approximate surface area is 120 Å². The van der Waals surface area contributed by atoms with Gasteiger partial charge in [0.25, 0.3) is 0 Å². The number of amides is 1. The van der Waals surface area contributed by atoms with Crippen LogP contribution in [0.2, 0.25) is 0 Å². The number of nitrogens with one attached hydrogen (secondary N) is 1. The molecule has 1 amide bonds. The van der Waals surface area contributed by atoms with Gasteiger partial charge in [-0.25, -0.2) is 13.1 Å². The molecule has 1 N–H and O–H groups in total. The standard InChI is InChI=1S/C14H20N2O3S/c1-2-20(18,19)15-10-12-6-3-4-7-13(12)11-16-9-5-8-14(16)17/h3-4,6-7,15H,2,5,8-11H2,1H3. The van der Waals surface area contributed by atoms with Crippen LogP contribution >= 0.6 is 0 Å². The molecular weight excluding hydrogens is 276 g/mol. The van der Waals surface area contributed by atoms with E-state index in [0.717, 1.165) is 24.1 Å². The van der Waals surface area contributed by atoms with Crippen LogP contribution in [-0.4, -0.2) is 31.5 Å². The van der Waals surface area contributed by atoms with Gasteiger partial charge in [-0.05, 0) is 24.5 Å². The molecule has 0 aliphatic carbocycles. The van der Waals surface area contributed by atoms with Crippen molar-refractivity contribution in [2.45, 2.75) is 32.9 Å². The van der Waals surface area contributed by atoms with Gasteiger partial charge in [0.05, 0.1) is 5.75 Å². The lowest BCUT2D eigenvalue weighted by molar-refractivity contribution is -0.128. The number of hydrogen-bond donors (Lipinski definition) is 1. The zero-order valence-corrected chi connectivity index (χ0v) is 12.4. The van der Waals surface area contributed by atoms with E-state index in [2.05, 4.69) is 4.72 Å². The highest BCUT2D eigenvalue weighted by Crippen LogP contribution is 2.17. The van der Waals surface area contributed by atoms with Crippen molar-refractivity contribution in [1.29, 1.82) is 0 Å². The molecule has 1 aromatic carbocycles. The van der Waals surface area contributed by atoms with E-state index >= 15 is 0 Å². The third-order valence-electron chi connectivity index (χ3n) is 3.51. The molecule has 1 aliphatic rings. The van der Waals surface area contributed by atoms with Crippen molar-refractivity contribution < 1.29 is 13.2 Å². The van der Waals surface area contributed by atoms with E-state index < -0.39 is 10.0 Å². The van der Waals surface area contributed by atoms with Gasteiger partial charge in [-0.15, -0.1) is 0 Å². The van der Waals surface area contributed by atoms with Gasteiger partial charge in [0.15, 0.2) is 0 Å². The van der Waals surface area contributed by atoms with Crippen LogP contribution in [0.1, 0.15) is 30.9 Å². The minimum Gasteiger partial charge on any atom is -0.338 e. The molecule has 5 nitrogen and oxygen atoms in total. The fourth-order valence-corrected chi connectivity index (χ4v) is 2.83. The first-order valence-corrected chi connectivity index (χ1v) is 8.49. The predicted octanol–water partition coefficient (Wildman–Crippen LogP) is 1.25. The van der Waals surface area contributed by atoms with E-state index in [4.69, 9.17) is 0 Å². The Morgan fingerprint density at radius 1 is 1.25 bits per heavy atom. The van der Waals surface area contributed by atoms with E-state index in [9.17, 15) is 13.2 Å².